The first kappa shape index (κ1) is 14.2. The third kappa shape index (κ3) is 3.30. The number of nitrogens with two attached hydrogens (primary N) is 1. The van der Waals surface area contributed by atoms with E-state index in [1.807, 2.05) is 16.8 Å². The normalized spacial score (nSPS) is 16.7. The van der Waals surface area contributed by atoms with Gasteiger partial charge in [-0.15, -0.1) is 10.2 Å². The molecule has 0 saturated carbocycles. The second-order valence-corrected chi connectivity index (χ2v) is 5.49. The Hall–Kier alpha value is -1.73. The van der Waals surface area contributed by atoms with Gasteiger partial charge in [0, 0.05) is 38.6 Å². The van der Waals surface area contributed by atoms with E-state index < -0.39 is 0 Å². The number of hydrogen-bond acceptors (Lipinski definition) is 6. The van der Waals surface area contributed by atoms with Gasteiger partial charge >= 0.3 is 0 Å². The zero-order valence-electron chi connectivity index (χ0n) is 12.4. The van der Waals surface area contributed by atoms with E-state index in [0.717, 1.165) is 50.6 Å². The third-order valence-corrected chi connectivity index (χ3v) is 4.05. The molecule has 0 atom stereocenters. The van der Waals surface area contributed by atoms with Crippen LogP contribution in [0.1, 0.15) is 19.3 Å². The van der Waals surface area contributed by atoms with Gasteiger partial charge in [-0.1, -0.05) is 6.42 Å². The van der Waals surface area contributed by atoms with E-state index in [1.165, 1.54) is 19.4 Å². The largest absolute Gasteiger partial charge is 0.351 e. The van der Waals surface area contributed by atoms with Gasteiger partial charge in [-0.2, -0.15) is 0 Å². The highest BCUT2D eigenvalue weighted by Gasteiger charge is 2.20. The van der Waals surface area contributed by atoms with Crippen molar-refractivity contribution in [1.82, 2.24) is 24.5 Å². The van der Waals surface area contributed by atoms with Gasteiger partial charge in [-0.05, 0) is 25.9 Å². The van der Waals surface area contributed by atoms with Crippen molar-refractivity contribution in [3.63, 3.8) is 0 Å². The molecule has 7 heteroatoms. The van der Waals surface area contributed by atoms with Crippen molar-refractivity contribution in [3.05, 3.63) is 18.7 Å². The Bertz CT molecular complexity index is 559. The Morgan fingerprint density at radius 1 is 1.10 bits per heavy atom. The number of rotatable bonds is 6. The Labute approximate surface area is 124 Å². The topological polar surface area (TPSA) is 75.6 Å². The van der Waals surface area contributed by atoms with Gasteiger partial charge in [0.2, 0.25) is 5.65 Å². The predicted octanol–water partition coefficient (Wildman–Crippen LogP) is 0.375. The molecule has 2 N–H and O–H groups in total. The molecule has 0 bridgehead atoms. The van der Waals surface area contributed by atoms with Crippen molar-refractivity contribution in [2.75, 3.05) is 44.2 Å². The summed E-state index contributed by atoms with van der Waals surface area (Å²) < 4.78 is 1.92. The third-order valence-electron chi connectivity index (χ3n) is 4.05. The molecule has 0 unspecified atom stereocenters. The minimum Gasteiger partial charge on any atom is -0.351 e. The summed E-state index contributed by atoms with van der Waals surface area (Å²) in [7, 11) is 0. The zero-order chi connectivity index (χ0) is 14.5. The van der Waals surface area contributed by atoms with Crippen molar-refractivity contribution < 1.29 is 0 Å². The lowest BCUT2D eigenvalue weighted by Crippen LogP contribution is -2.47. The van der Waals surface area contributed by atoms with Crippen molar-refractivity contribution in [2.45, 2.75) is 19.3 Å². The van der Waals surface area contributed by atoms with Crippen LogP contribution in [0.5, 0.6) is 0 Å². The second kappa shape index (κ2) is 6.82. The van der Waals surface area contributed by atoms with E-state index in [2.05, 4.69) is 25.0 Å². The van der Waals surface area contributed by atoms with E-state index in [9.17, 15) is 0 Å². The fourth-order valence-electron chi connectivity index (χ4n) is 2.81. The molecule has 0 aromatic carbocycles. The number of piperazine rings is 1. The maximum atomic E-state index is 5.53. The highest BCUT2D eigenvalue weighted by Crippen LogP contribution is 2.18. The van der Waals surface area contributed by atoms with Gasteiger partial charge in [0.1, 0.15) is 6.33 Å². The molecule has 0 amide bonds. The molecule has 1 saturated heterocycles. The SMILES string of the molecule is NCCCCCN1CCN(c2nccn3cnnc23)CC1. The van der Waals surface area contributed by atoms with Crippen LogP contribution in [0.4, 0.5) is 5.82 Å². The molecule has 3 rings (SSSR count). The highest BCUT2D eigenvalue weighted by molar-refractivity contribution is 5.63. The first-order valence-electron chi connectivity index (χ1n) is 7.70. The lowest BCUT2D eigenvalue weighted by atomic mass is 10.2. The lowest BCUT2D eigenvalue weighted by Gasteiger charge is -2.35. The van der Waals surface area contributed by atoms with Crippen LogP contribution in [0.2, 0.25) is 0 Å². The minimum absolute atomic E-state index is 0.807. The maximum absolute atomic E-state index is 5.53. The monoisotopic (exact) mass is 289 g/mol. The van der Waals surface area contributed by atoms with Gasteiger partial charge in [0.15, 0.2) is 5.82 Å². The fourth-order valence-corrected chi connectivity index (χ4v) is 2.81. The van der Waals surface area contributed by atoms with Crippen LogP contribution < -0.4 is 10.6 Å². The van der Waals surface area contributed by atoms with Crippen LogP contribution in [0, 0.1) is 0 Å². The molecule has 114 valence electrons. The Balaban J connectivity index is 1.55. The second-order valence-electron chi connectivity index (χ2n) is 5.49. The van der Waals surface area contributed by atoms with Gasteiger partial charge in [-0.25, -0.2) is 4.98 Å². The van der Waals surface area contributed by atoms with E-state index in [1.54, 1.807) is 6.33 Å². The van der Waals surface area contributed by atoms with Gasteiger partial charge in [-0.3, -0.25) is 9.30 Å². The van der Waals surface area contributed by atoms with Crippen LogP contribution >= 0.6 is 0 Å². The Kier molecular flexibility index (Phi) is 4.62. The summed E-state index contributed by atoms with van der Waals surface area (Å²) in [5.74, 6) is 0.942. The molecule has 1 aliphatic rings. The van der Waals surface area contributed by atoms with Gasteiger partial charge < -0.3 is 10.6 Å². The summed E-state index contributed by atoms with van der Waals surface area (Å²) in [4.78, 5) is 9.32. The summed E-state index contributed by atoms with van der Waals surface area (Å²) in [6, 6.07) is 0. The molecule has 1 fully saturated rings. The maximum Gasteiger partial charge on any atom is 0.203 e. The van der Waals surface area contributed by atoms with Crippen LogP contribution in [-0.2, 0) is 0 Å². The Morgan fingerprint density at radius 3 is 2.76 bits per heavy atom. The molecule has 2 aromatic rings. The van der Waals surface area contributed by atoms with Crippen LogP contribution in [0.3, 0.4) is 0 Å². The van der Waals surface area contributed by atoms with E-state index in [4.69, 9.17) is 5.73 Å². The fraction of sp³-hybridized carbons (Fsp3) is 0.643. The molecular weight excluding hydrogens is 266 g/mol. The number of fused-ring (bicyclic) bond motifs is 1. The molecule has 21 heavy (non-hydrogen) atoms. The van der Waals surface area contributed by atoms with Crippen LogP contribution in [0.15, 0.2) is 18.7 Å². The molecule has 0 aliphatic carbocycles. The van der Waals surface area contributed by atoms with Crippen LogP contribution in [0.25, 0.3) is 5.65 Å². The lowest BCUT2D eigenvalue weighted by molar-refractivity contribution is 0.252. The van der Waals surface area contributed by atoms with Crippen LogP contribution in [-0.4, -0.2) is 63.8 Å². The van der Waals surface area contributed by atoms with Crippen molar-refractivity contribution in [3.8, 4) is 0 Å². The standard InChI is InChI=1S/C14H23N7/c15-4-2-1-3-6-19-8-10-20(11-9-19)13-14-18-17-12-21(14)7-5-16-13/h5,7,12H,1-4,6,8-11,15H2. The molecule has 1 aliphatic heterocycles. The van der Waals surface area contributed by atoms with Crippen molar-refractivity contribution in [1.29, 1.82) is 0 Å². The first-order chi connectivity index (χ1) is 10.4. The van der Waals surface area contributed by atoms with E-state index >= 15 is 0 Å². The average molecular weight is 289 g/mol. The first-order valence-corrected chi connectivity index (χ1v) is 7.70. The quantitative estimate of drug-likeness (QED) is 0.775. The van der Waals surface area contributed by atoms with Crippen molar-refractivity contribution in [2.24, 2.45) is 5.73 Å². The average Bonchev–Trinajstić information content (AvgIpc) is 3.01. The van der Waals surface area contributed by atoms with E-state index in [-0.39, 0.29) is 0 Å². The number of anilines is 1. The molecule has 0 spiro atoms. The minimum atomic E-state index is 0.807. The molecule has 2 aromatic heterocycles. The summed E-state index contributed by atoms with van der Waals surface area (Å²) in [5, 5.41) is 8.12. The summed E-state index contributed by atoms with van der Waals surface area (Å²) in [6.45, 7) is 6.14. The van der Waals surface area contributed by atoms with Gasteiger partial charge in [0.05, 0.1) is 0 Å². The van der Waals surface area contributed by atoms with E-state index in [0.29, 0.717) is 0 Å². The molecule has 0 radical (unpaired) electrons. The zero-order valence-corrected chi connectivity index (χ0v) is 12.4. The van der Waals surface area contributed by atoms with Gasteiger partial charge in [0.25, 0.3) is 0 Å². The van der Waals surface area contributed by atoms with Crippen molar-refractivity contribution >= 4 is 11.5 Å². The summed E-state index contributed by atoms with van der Waals surface area (Å²) in [5.41, 5.74) is 6.37. The number of nitrogens with zero attached hydrogens (tertiary/aromatic N) is 6. The smallest absolute Gasteiger partial charge is 0.203 e. The molecule has 3 heterocycles. The number of unbranched alkanes of at least 4 members (excludes halogenated alkanes) is 2. The number of hydrogen-bond donors (Lipinski definition) is 1. The summed E-state index contributed by atoms with van der Waals surface area (Å²) >= 11 is 0. The summed E-state index contributed by atoms with van der Waals surface area (Å²) in [6.07, 6.45) is 9.02. The molecular formula is C14H23N7. The number of aromatic nitrogens is 4. The highest BCUT2D eigenvalue weighted by atomic mass is 15.3. The Morgan fingerprint density at radius 2 is 1.95 bits per heavy atom. The molecule has 7 nitrogen and oxygen atoms in total. The predicted molar refractivity (Wildman–Crippen MR) is 82.3 cm³/mol.